The minimum absolute atomic E-state index is 0. The number of nitriles is 3. The van der Waals surface area contributed by atoms with Crippen LogP contribution in [0.1, 0.15) is 115 Å². The Bertz CT molecular complexity index is 2560. The zero-order valence-electron chi connectivity index (χ0n) is 43.0. The van der Waals surface area contributed by atoms with Crippen molar-refractivity contribution < 1.29 is 53.3 Å². The monoisotopic (exact) mass is 1110 g/mol. The van der Waals surface area contributed by atoms with Gasteiger partial charge in [0.15, 0.2) is 23.3 Å². The van der Waals surface area contributed by atoms with Gasteiger partial charge in [-0.15, -0.1) is 22.7 Å². The van der Waals surface area contributed by atoms with E-state index in [4.69, 9.17) is 16.3 Å². The molecule has 7 rings (SSSR count). The summed E-state index contributed by atoms with van der Waals surface area (Å²) in [6.07, 6.45) is 1.18. The maximum absolute atomic E-state index is 12.5. The van der Waals surface area contributed by atoms with E-state index in [0.29, 0.717) is 23.4 Å². The van der Waals surface area contributed by atoms with Gasteiger partial charge in [-0.25, -0.2) is 9.97 Å². The summed E-state index contributed by atoms with van der Waals surface area (Å²) in [4.78, 5) is 43.2. The van der Waals surface area contributed by atoms with Gasteiger partial charge in [0.2, 0.25) is 0 Å². The SMILES string of the molecule is CC.CC.CC.CC(=O)c1ccccc1.CCC(=O)c1ccccc1.N#CC(C(=O)c1ccccc1)c1nc(-c2ccccc2)cs1.N#CCC(N)=S.N#CCc1nc(-c2ccccc2)cs1.[CH3-].[CH3-].[Zn].[Zn]. The van der Waals surface area contributed by atoms with Crippen molar-refractivity contribution in [1.29, 1.82) is 15.8 Å². The van der Waals surface area contributed by atoms with Crippen molar-refractivity contribution in [3.05, 3.63) is 204 Å². The summed E-state index contributed by atoms with van der Waals surface area (Å²) in [6, 6.07) is 53.1. The molecule has 2 N–H and O–H groups in total. The Balaban J connectivity index is -0.000000260. The third kappa shape index (κ3) is 30.4. The number of thiazole rings is 2. The number of Topliss-reactive ketones (excluding diaryl/α,β-unsaturated/α-hetero) is 3. The minimum Gasteiger partial charge on any atom is -0.392 e. The fourth-order valence-electron chi connectivity index (χ4n) is 4.94. The summed E-state index contributed by atoms with van der Waals surface area (Å²) >= 11 is 7.23. The number of benzene rings is 5. The molecule has 0 bridgehead atoms. The molecule has 5 aromatic carbocycles. The van der Waals surface area contributed by atoms with Crippen LogP contribution in [0.4, 0.5) is 0 Å². The molecule has 0 aliphatic heterocycles. The first-order valence-corrected chi connectivity index (χ1v) is 23.9. The zero-order chi connectivity index (χ0) is 50.2. The van der Waals surface area contributed by atoms with Crippen LogP contribution in [0.3, 0.4) is 0 Å². The Hall–Kier alpha value is -6.02. The number of thiocarbonyl (C=S) groups is 1. The molecule has 9 nitrogen and oxygen atoms in total. The van der Waals surface area contributed by atoms with Crippen LogP contribution in [0.5, 0.6) is 0 Å². The molecule has 1 atom stereocenters. The number of hydrogen-bond acceptors (Lipinski definition) is 11. The predicted molar refractivity (Wildman–Crippen MR) is 295 cm³/mol. The molecule has 0 aliphatic rings. The number of nitrogens with zero attached hydrogens (tertiary/aromatic N) is 5. The summed E-state index contributed by atoms with van der Waals surface area (Å²) in [5.74, 6) is -0.738. The number of carbonyl (C=O) groups is 3. The second-order valence-electron chi connectivity index (χ2n) is 12.4. The van der Waals surface area contributed by atoms with Gasteiger partial charge >= 0.3 is 0 Å². The van der Waals surface area contributed by atoms with Crippen LogP contribution in [-0.2, 0) is 45.4 Å². The molecule has 14 heteroatoms. The molecule has 2 heterocycles. The van der Waals surface area contributed by atoms with Crippen LogP contribution >= 0.6 is 34.9 Å². The van der Waals surface area contributed by atoms with Gasteiger partial charge in [-0.2, -0.15) is 15.8 Å². The van der Waals surface area contributed by atoms with E-state index < -0.39 is 5.92 Å². The topological polar surface area (TPSA) is 174 Å². The summed E-state index contributed by atoms with van der Waals surface area (Å²) in [5.41, 5.74) is 10.9. The normalized spacial score (nSPS) is 8.75. The van der Waals surface area contributed by atoms with Gasteiger partial charge in [0, 0.05) is 84.0 Å². The van der Waals surface area contributed by atoms with Crippen molar-refractivity contribution in [1.82, 2.24) is 9.97 Å². The minimum atomic E-state index is -0.857. The van der Waals surface area contributed by atoms with E-state index in [9.17, 15) is 19.6 Å². The van der Waals surface area contributed by atoms with E-state index in [1.54, 1.807) is 37.3 Å². The van der Waals surface area contributed by atoms with Gasteiger partial charge in [-0.05, 0) is 6.92 Å². The summed E-state index contributed by atoms with van der Waals surface area (Å²) in [7, 11) is 0. The van der Waals surface area contributed by atoms with E-state index in [1.165, 1.54) is 22.7 Å². The van der Waals surface area contributed by atoms with Crippen LogP contribution in [0.25, 0.3) is 22.5 Å². The average Bonchev–Trinajstić information content (AvgIpc) is 4.09. The average molecular weight is 1110 g/mol. The molecule has 0 spiro atoms. The molecular formula is C57H66N6O3S3Zn2-2. The molecule has 2 aromatic heterocycles. The largest absolute Gasteiger partial charge is 0.392 e. The molecular weight excluding hydrogens is 1040 g/mol. The van der Waals surface area contributed by atoms with Crippen molar-refractivity contribution in [2.75, 3.05) is 0 Å². The predicted octanol–water partition coefficient (Wildman–Crippen LogP) is 15.5. The molecule has 0 saturated carbocycles. The fraction of sp³-hybridized carbons (Fsp3) is 0.211. The molecule has 0 fully saturated rings. The van der Waals surface area contributed by atoms with Crippen molar-refractivity contribution in [3.8, 4) is 40.7 Å². The molecule has 71 heavy (non-hydrogen) atoms. The van der Waals surface area contributed by atoms with E-state index in [0.717, 1.165) is 38.6 Å². The molecule has 366 valence electrons. The van der Waals surface area contributed by atoms with Crippen LogP contribution < -0.4 is 5.73 Å². The van der Waals surface area contributed by atoms with Gasteiger partial charge < -0.3 is 20.6 Å². The van der Waals surface area contributed by atoms with Crippen LogP contribution in [0.15, 0.2) is 162 Å². The first-order chi connectivity index (χ1) is 32.6. The molecule has 1 unspecified atom stereocenters. The Kier molecular flexibility index (Phi) is 49.6. The smallest absolute Gasteiger partial charge is 0.186 e. The number of nitrogens with two attached hydrogens (primary N) is 1. The van der Waals surface area contributed by atoms with E-state index in [1.807, 2.05) is 187 Å². The second kappa shape index (κ2) is 47.6. The van der Waals surface area contributed by atoms with Gasteiger partial charge in [0.05, 0.1) is 47.4 Å². The third-order valence-electron chi connectivity index (χ3n) is 7.99. The van der Waals surface area contributed by atoms with E-state index in [-0.39, 0.29) is 82.6 Å². The summed E-state index contributed by atoms with van der Waals surface area (Å²) in [6.45, 7) is 15.4. The molecule has 0 radical (unpaired) electrons. The van der Waals surface area contributed by atoms with Crippen molar-refractivity contribution in [2.24, 2.45) is 5.73 Å². The molecule has 7 aromatic rings. The Morgan fingerprint density at radius 2 is 0.972 bits per heavy atom. The Morgan fingerprint density at radius 3 is 1.31 bits per heavy atom. The van der Waals surface area contributed by atoms with Gasteiger partial charge in [0.25, 0.3) is 0 Å². The number of hydrogen-bond donors (Lipinski definition) is 1. The number of ketones is 3. The zero-order valence-corrected chi connectivity index (χ0v) is 51.3. The van der Waals surface area contributed by atoms with Crippen molar-refractivity contribution in [2.45, 2.75) is 80.6 Å². The van der Waals surface area contributed by atoms with Gasteiger partial charge in [0.1, 0.15) is 10.0 Å². The second-order valence-corrected chi connectivity index (χ2v) is 14.8. The van der Waals surface area contributed by atoms with Gasteiger partial charge in [-0.1, -0.05) is 212 Å². The first-order valence-electron chi connectivity index (χ1n) is 21.8. The van der Waals surface area contributed by atoms with E-state index >= 15 is 0 Å². The number of carbonyl (C=O) groups excluding carboxylic acids is 3. The van der Waals surface area contributed by atoms with Crippen LogP contribution in [0.2, 0.25) is 0 Å². The quantitative estimate of drug-likeness (QED) is 0.0601. The van der Waals surface area contributed by atoms with Crippen LogP contribution in [-0.4, -0.2) is 32.3 Å². The first kappa shape index (κ1) is 73.9. The van der Waals surface area contributed by atoms with Gasteiger partial charge in [-0.3, -0.25) is 14.4 Å². The number of aromatic nitrogens is 2. The Morgan fingerprint density at radius 1 is 0.592 bits per heavy atom. The van der Waals surface area contributed by atoms with Crippen molar-refractivity contribution in [3.63, 3.8) is 0 Å². The third-order valence-corrected chi connectivity index (χ3v) is 9.89. The maximum atomic E-state index is 12.5. The molecule has 0 saturated heterocycles. The van der Waals surface area contributed by atoms with Crippen LogP contribution in [0, 0.1) is 48.8 Å². The fourth-order valence-corrected chi connectivity index (χ4v) is 6.60. The van der Waals surface area contributed by atoms with Crippen molar-refractivity contribution >= 4 is 57.2 Å². The summed E-state index contributed by atoms with van der Waals surface area (Å²) in [5, 5.41) is 31.0. The molecule has 0 amide bonds. The maximum Gasteiger partial charge on any atom is 0.186 e. The summed E-state index contributed by atoms with van der Waals surface area (Å²) < 4.78 is 0. The Labute approximate surface area is 463 Å². The molecule has 0 aliphatic carbocycles. The number of rotatable bonds is 10. The van der Waals surface area contributed by atoms with E-state index in [2.05, 4.69) is 34.3 Å². The standard InChI is InChI=1S/C18H12N2OS.C11H8N2S.C9H10O.C8H8O.C3H4N2S.3C2H6.2CH3.2Zn/c19-11-15(17(21)14-9-5-2-6-10-14)18-20-16(12-22-18)13-7-3-1-4-8-13;12-7-6-11-13-10(8-14-11)9-4-2-1-3-5-9;1-2-9(10)8-6-4-3-5-7-8;1-7(9)8-5-3-2-4-6-8;4-2-1-3(5)6;3*1-2;;;;/h1-10,12,15H;1-5,8H,6H2;3-7H,2H2,1H3;2-6H,1H3;1H2,(H2,5,6);3*1-2H3;2*1H3;;/q;;;;;;;;2*-1;;.